The predicted molar refractivity (Wildman–Crippen MR) is 69.8 cm³/mol. The van der Waals surface area contributed by atoms with Crippen LogP contribution in [0.15, 0.2) is 24.3 Å². The van der Waals surface area contributed by atoms with E-state index in [1.807, 2.05) is 6.07 Å². The molecule has 1 atom stereocenters. The minimum atomic E-state index is -0.179. The summed E-state index contributed by atoms with van der Waals surface area (Å²) in [7, 11) is 0. The summed E-state index contributed by atoms with van der Waals surface area (Å²) in [5, 5.41) is 3.27. The monoisotopic (exact) mass is 236 g/mol. The second kappa shape index (κ2) is 6.01. The highest BCUT2D eigenvalue weighted by molar-refractivity contribution is 5.42. The fourth-order valence-corrected chi connectivity index (χ4v) is 2.43. The van der Waals surface area contributed by atoms with Crippen molar-refractivity contribution in [3.05, 3.63) is 30.1 Å². The molecule has 17 heavy (non-hydrogen) atoms. The van der Waals surface area contributed by atoms with E-state index in [0.717, 1.165) is 18.8 Å². The average Bonchev–Trinajstić information content (AvgIpc) is 2.32. The smallest absolute Gasteiger partial charge is 0.125 e. The number of nitrogens with zero attached hydrogens (tertiary/aromatic N) is 1. The Labute approximate surface area is 103 Å². The standard InChI is InChI=1S/C14H21FN2/c1-12-5-2-3-9-17(12)10-8-16-14-7-4-6-13(15)11-14/h4,6-7,11-12,16H,2-3,5,8-10H2,1H3. The molecular formula is C14H21FN2. The normalized spacial score (nSPS) is 21.4. The third kappa shape index (κ3) is 3.70. The van der Waals surface area contributed by atoms with E-state index in [1.165, 1.54) is 31.9 Å². The maximum absolute atomic E-state index is 13.0. The largest absolute Gasteiger partial charge is 0.384 e. The van der Waals surface area contributed by atoms with Crippen LogP contribution in [0.5, 0.6) is 0 Å². The lowest BCUT2D eigenvalue weighted by molar-refractivity contribution is 0.167. The van der Waals surface area contributed by atoms with E-state index in [9.17, 15) is 4.39 Å². The summed E-state index contributed by atoms with van der Waals surface area (Å²) in [5.41, 5.74) is 0.870. The van der Waals surface area contributed by atoms with Gasteiger partial charge in [0.15, 0.2) is 0 Å². The molecule has 1 fully saturated rings. The van der Waals surface area contributed by atoms with Crippen molar-refractivity contribution in [1.82, 2.24) is 4.90 Å². The molecule has 1 aliphatic heterocycles. The lowest BCUT2D eigenvalue weighted by Crippen LogP contribution is -2.40. The maximum Gasteiger partial charge on any atom is 0.125 e. The van der Waals surface area contributed by atoms with Gasteiger partial charge >= 0.3 is 0 Å². The number of benzene rings is 1. The van der Waals surface area contributed by atoms with Gasteiger partial charge in [0, 0.05) is 24.8 Å². The Morgan fingerprint density at radius 1 is 1.41 bits per heavy atom. The molecule has 1 aromatic rings. The third-order valence-corrected chi connectivity index (χ3v) is 3.49. The number of likely N-dealkylation sites (tertiary alicyclic amines) is 1. The number of hydrogen-bond acceptors (Lipinski definition) is 2. The van der Waals surface area contributed by atoms with Crippen LogP contribution >= 0.6 is 0 Å². The Balaban J connectivity index is 1.75. The molecule has 1 N–H and O–H groups in total. The molecule has 0 amide bonds. The SMILES string of the molecule is CC1CCCCN1CCNc1cccc(F)c1. The third-order valence-electron chi connectivity index (χ3n) is 3.49. The van der Waals surface area contributed by atoms with Gasteiger partial charge in [-0.15, -0.1) is 0 Å². The van der Waals surface area contributed by atoms with Gasteiger partial charge in [-0.05, 0) is 44.5 Å². The summed E-state index contributed by atoms with van der Waals surface area (Å²) in [6.07, 6.45) is 3.97. The van der Waals surface area contributed by atoms with Gasteiger partial charge in [0.1, 0.15) is 5.82 Å². The summed E-state index contributed by atoms with van der Waals surface area (Å²) < 4.78 is 13.0. The summed E-state index contributed by atoms with van der Waals surface area (Å²) in [5.74, 6) is -0.179. The fraction of sp³-hybridized carbons (Fsp3) is 0.571. The van der Waals surface area contributed by atoms with Gasteiger partial charge in [-0.3, -0.25) is 4.90 Å². The first-order chi connectivity index (χ1) is 8.25. The van der Waals surface area contributed by atoms with Crippen LogP contribution in [0.2, 0.25) is 0 Å². The van der Waals surface area contributed by atoms with Crippen LogP contribution in [0, 0.1) is 5.82 Å². The molecule has 2 nitrogen and oxygen atoms in total. The van der Waals surface area contributed by atoms with Crippen LogP contribution < -0.4 is 5.32 Å². The van der Waals surface area contributed by atoms with E-state index in [1.54, 1.807) is 12.1 Å². The zero-order valence-electron chi connectivity index (χ0n) is 10.5. The van der Waals surface area contributed by atoms with Gasteiger partial charge in [-0.2, -0.15) is 0 Å². The number of hydrogen-bond donors (Lipinski definition) is 1. The van der Waals surface area contributed by atoms with Crippen LogP contribution in [-0.2, 0) is 0 Å². The maximum atomic E-state index is 13.0. The first-order valence-corrected chi connectivity index (χ1v) is 6.49. The minimum absolute atomic E-state index is 0.179. The zero-order valence-corrected chi connectivity index (χ0v) is 10.5. The molecule has 0 saturated carbocycles. The Morgan fingerprint density at radius 2 is 2.29 bits per heavy atom. The quantitative estimate of drug-likeness (QED) is 0.864. The number of piperidine rings is 1. The summed E-state index contributed by atoms with van der Waals surface area (Å²) in [6, 6.07) is 7.35. The van der Waals surface area contributed by atoms with Crippen molar-refractivity contribution in [2.75, 3.05) is 25.0 Å². The highest BCUT2D eigenvalue weighted by Crippen LogP contribution is 2.16. The molecule has 2 rings (SSSR count). The zero-order chi connectivity index (χ0) is 12.1. The van der Waals surface area contributed by atoms with E-state index >= 15 is 0 Å². The molecule has 0 aliphatic carbocycles. The van der Waals surface area contributed by atoms with Crippen molar-refractivity contribution >= 4 is 5.69 Å². The molecule has 0 bridgehead atoms. The Morgan fingerprint density at radius 3 is 3.06 bits per heavy atom. The van der Waals surface area contributed by atoms with Crippen LogP contribution in [0.4, 0.5) is 10.1 Å². The molecule has 94 valence electrons. The molecule has 0 aromatic heterocycles. The summed E-state index contributed by atoms with van der Waals surface area (Å²) in [4.78, 5) is 2.51. The average molecular weight is 236 g/mol. The topological polar surface area (TPSA) is 15.3 Å². The number of nitrogens with one attached hydrogen (secondary N) is 1. The lowest BCUT2D eigenvalue weighted by Gasteiger charge is -2.33. The van der Waals surface area contributed by atoms with Gasteiger partial charge in [0.25, 0.3) is 0 Å². The molecule has 0 radical (unpaired) electrons. The molecule has 1 aliphatic rings. The van der Waals surface area contributed by atoms with Gasteiger partial charge in [-0.1, -0.05) is 12.5 Å². The van der Waals surface area contributed by atoms with E-state index < -0.39 is 0 Å². The fourth-order valence-electron chi connectivity index (χ4n) is 2.43. The minimum Gasteiger partial charge on any atom is -0.384 e. The van der Waals surface area contributed by atoms with Gasteiger partial charge in [0.2, 0.25) is 0 Å². The first-order valence-electron chi connectivity index (χ1n) is 6.49. The van der Waals surface area contributed by atoms with Gasteiger partial charge < -0.3 is 5.32 Å². The number of halogens is 1. The molecule has 0 spiro atoms. The Bertz CT molecular complexity index is 354. The van der Waals surface area contributed by atoms with Crippen LogP contribution in [-0.4, -0.2) is 30.6 Å². The van der Waals surface area contributed by atoms with Crippen molar-refractivity contribution < 1.29 is 4.39 Å². The van der Waals surface area contributed by atoms with Gasteiger partial charge in [-0.25, -0.2) is 4.39 Å². The van der Waals surface area contributed by atoms with E-state index in [-0.39, 0.29) is 5.82 Å². The number of rotatable bonds is 4. The molecule has 3 heteroatoms. The molecule has 1 unspecified atom stereocenters. The highest BCUT2D eigenvalue weighted by Gasteiger charge is 2.16. The second-order valence-corrected chi connectivity index (χ2v) is 4.82. The van der Waals surface area contributed by atoms with Crippen molar-refractivity contribution in [3.8, 4) is 0 Å². The summed E-state index contributed by atoms with van der Waals surface area (Å²) >= 11 is 0. The highest BCUT2D eigenvalue weighted by atomic mass is 19.1. The van der Waals surface area contributed by atoms with Crippen LogP contribution in [0.25, 0.3) is 0 Å². The first kappa shape index (κ1) is 12.4. The number of anilines is 1. The van der Waals surface area contributed by atoms with Gasteiger partial charge in [0.05, 0.1) is 0 Å². The van der Waals surface area contributed by atoms with E-state index in [4.69, 9.17) is 0 Å². The Kier molecular flexibility index (Phi) is 4.37. The molecular weight excluding hydrogens is 215 g/mol. The lowest BCUT2D eigenvalue weighted by atomic mass is 10.0. The second-order valence-electron chi connectivity index (χ2n) is 4.82. The van der Waals surface area contributed by atoms with E-state index in [0.29, 0.717) is 6.04 Å². The molecule has 1 heterocycles. The molecule has 1 aromatic carbocycles. The molecule has 1 saturated heterocycles. The van der Waals surface area contributed by atoms with Crippen LogP contribution in [0.3, 0.4) is 0 Å². The van der Waals surface area contributed by atoms with Crippen molar-refractivity contribution in [3.63, 3.8) is 0 Å². The van der Waals surface area contributed by atoms with Crippen molar-refractivity contribution in [2.45, 2.75) is 32.2 Å². The van der Waals surface area contributed by atoms with E-state index in [2.05, 4.69) is 17.1 Å². The summed E-state index contributed by atoms with van der Waals surface area (Å²) in [6.45, 7) is 5.42. The Hall–Kier alpha value is -1.09. The van der Waals surface area contributed by atoms with Crippen molar-refractivity contribution in [1.29, 1.82) is 0 Å². The van der Waals surface area contributed by atoms with Crippen molar-refractivity contribution in [2.24, 2.45) is 0 Å². The van der Waals surface area contributed by atoms with Crippen LogP contribution in [0.1, 0.15) is 26.2 Å². The predicted octanol–water partition coefficient (Wildman–Crippen LogP) is 3.11.